The van der Waals surface area contributed by atoms with Crippen molar-refractivity contribution < 1.29 is 28.3 Å². The number of hydrogen-bond acceptors (Lipinski definition) is 6. The van der Waals surface area contributed by atoms with Gasteiger partial charge in [-0.1, -0.05) is 18.2 Å². The highest BCUT2D eigenvalue weighted by Crippen LogP contribution is 2.37. The van der Waals surface area contributed by atoms with Crippen molar-refractivity contribution in [2.24, 2.45) is 5.92 Å². The third kappa shape index (κ3) is 5.03. The Kier molecular flexibility index (Phi) is 6.82. The maximum atomic E-state index is 12.9. The quantitative estimate of drug-likeness (QED) is 0.529. The van der Waals surface area contributed by atoms with Gasteiger partial charge in [-0.3, -0.25) is 14.4 Å². The Morgan fingerprint density at radius 1 is 1.00 bits per heavy atom. The molecular weight excluding hydrogens is 438 g/mol. The van der Waals surface area contributed by atoms with Crippen LogP contribution in [0.3, 0.4) is 0 Å². The van der Waals surface area contributed by atoms with Gasteiger partial charge in [-0.25, -0.2) is 0 Å². The summed E-state index contributed by atoms with van der Waals surface area (Å²) in [5.41, 5.74) is 1.26. The number of nitrogens with zero attached hydrogens (tertiary/aromatic N) is 1. The molecule has 0 aliphatic carbocycles. The molecule has 1 atom stereocenters. The van der Waals surface area contributed by atoms with Crippen LogP contribution >= 0.6 is 0 Å². The Morgan fingerprint density at radius 3 is 2.29 bits per heavy atom. The van der Waals surface area contributed by atoms with Crippen molar-refractivity contribution in [3.05, 3.63) is 72.2 Å². The first kappa shape index (κ1) is 22.9. The number of furan rings is 1. The number of carbonyl (C=O) groups is 3. The van der Waals surface area contributed by atoms with Crippen LogP contribution in [-0.4, -0.2) is 43.4 Å². The van der Waals surface area contributed by atoms with Crippen LogP contribution in [0.25, 0.3) is 0 Å². The molecule has 34 heavy (non-hydrogen) atoms. The molecule has 1 aliphatic heterocycles. The summed E-state index contributed by atoms with van der Waals surface area (Å²) in [6.07, 6.45) is 1.66. The van der Waals surface area contributed by atoms with Crippen molar-refractivity contribution in [2.45, 2.75) is 13.0 Å². The second-order valence-electron chi connectivity index (χ2n) is 7.82. The summed E-state index contributed by atoms with van der Waals surface area (Å²) in [5, 5.41) is 5.64. The molecule has 0 saturated carbocycles. The van der Waals surface area contributed by atoms with Crippen molar-refractivity contribution in [3.8, 4) is 11.5 Å². The molecule has 1 saturated heterocycles. The number of likely N-dealkylation sites (tertiary alicyclic amines) is 1. The molecule has 4 rings (SSSR count). The molecule has 2 N–H and O–H groups in total. The van der Waals surface area contributed by atoms with Gasteiger partial charge in [-0.05, 0) is 24.3 Å². The molecular formula is C25H25N3O6. The van der Waals surface area contributed by atoms with E-state index in [1.807, 2.05) is 6.07 Å². The van der Waals surface area contributed by atoms with Gasteiger partial charge in [0.15, 0.2) is 0 Å². The summed E-state index contributed by atoms with van der Waals surface area (Å²) in [7, 11) is 2.93. The Hall–Kier alpha value is -4.27. The summed E-state index contributed by atoms with van der Waals surface area (Å²) >= 11 is 0. The van der Waals surface area contributed by atoms with E-state index in [1.165, 1.54) is 14.2 Å². The number of amides is 3. The van der Waals surface area contributed by atoms with Gasteiger partial charge in [0.05, 0.1) is 44.3 Å². The molecule has 0 bridgehead atoms. The van der Waals surface area contributed by atoms with E-state index in [0.29, 0.717) is 40.7 Å². The maximum Gasteiger partial charge on any atom is 0.255 e. The molecule has 3 aromatic rings. The molecule has 1 aromatic heterocycles. The van der Waals surface area contributed by atoms with E-state index >= 15 is 0 Å². The van der Waals surface area contributed by atoms with Crippen LogP contribution in [0.5, 0.6) is 11.5 Å². The van der Waals surface area contributed by atoms with Crippen LogP contribution in [0.15, 0.2) is 65.3 Å². The highest BCUT2D eigenvalue weighted by Gasteiger charge is 2.35. The third-order valence-electron chi connectivity index (χ3n) is 5.58. The van der Waals surface area contributed by atoms with Crippen molar-refractivity contribution in [3.63, 3.8) is 0 Å². The van der Waals surface area contributed by atoms with Crippen LogP contribution in [-0.2, 0) is 16.1 Å². The largest absolute Gasteiger partial charge is 0.494 e. The minimum atomic E-state index is -0.518. The van der Waals surface area contributed by atoms with Crippen molar-refractivity contribution in [2.75, 3.05) is 31.4 Å². The predicted octanol–water partition coefficient (Wildman–Crippen LogP) is 3.54. The minimum absolute atomic E-state index is 0.108. The van der Waals surface area contributed by atoms with Crippen LogP contribution in [0, 0.1) is 5.92 Å². The lowest BCUT2D eigenvalue weighted by Crippen LogP contribution is -2.28. The number of ether oxygens (including phenoxy) is 2. The number of nitrogens with one attached hydrogen (secondary N) is 2. The first-order valence-electron chi connectivity index (χ1n) is 10.7. The van der Waals surface area contributed by atoms with Crippen molar-refractivity contribution >= 4 is 29.1 Å². The lowest BCUT2D eigenvalue weighted by atomic mass is 10.1. The van der Waals surface area contributed by atoms with Gasteiger partial charge in [0.2, 0.25) is 11.8 Å². The number of carbonyl (C=O) groups excluding carboxylic acids is 3. The van der Waals surface area contributed by atoms with E-state index in [-0.39, 0.29) is 30.7 Å². The molecule has 2 aromatic carbocycles. The number of hydrogen-bond donors (Lipinski definition) is 2. The van der Waals surface area contributed by atoms with Crippen LogP contribution in [0.4, 0.5) is 11.4 Å². The Balaban J connectivity index is 1.47. The Labute approximate surface area is 196 Å². The van der Waals surface area contributed by atoms with E-state index in [9.17, 15) is 14.4 Å². The molecule has 0 radical (unpaired) electrons. The molecule has 9 heteroatoms. The zero-order valence-corrected chi connectivity index (χ0v) is 18.9. The number of methoxy groups -OCH3 is 2. The first-order chi connectivity index (χ1) is 16.5. The van der Waals surface area contributed by atoms with E-state index in [0.717, 1.165) is 0 Å². The fourth-order valence-electron chi connectivity index (χ4n) is 3.80. The number of rotatable bonds is 8. The number of anilines is 2. The number of benzene rings is 2. The van der Waals surface area contributed by atoms with Crippen molar-refractivity contribution in [1.82, 2.24) is 4.90 Å². The van der Waals surface area contributed by atoms with E-state index in [2.05, 4.69) is 10.6 Å². The van der Waals surface area contributed by atoms with Gasteiger partial charge in [0, 0.05) is 30.7 Å². The minimum Gasteiger partial charge on any atom is -0.494 e. The highest BCUT2D eigenvalue weighted by atomic mass is 16.5. The zero-order chi connectivity index (χ0) is 24.1. The summed E-state index contributed by atoms with van der Waals surface area (Å²) in [6, 6.07) is 15.5. The summed E-state index contributed by atoms with van der Waals surface area (Å²) < 4.78 is 16.2. The SMILES string of the molecule is COc1cc(NC(=O)[C@@H]2CC(=O)N(Cc3ccco3)C2)c(OC)cc1NC(=O)c1ccccc1. The van der Waals surface area contributed by atoms with Crippen LogP contribution < -0.4 is 20.1 Å². The monoisotopic (exact) mass is 463 g/mol. The van der Waals surface area contributed by atoms with Crippen molar-refractivity contribution in [1.29, 1.82) is 0 Å². The summed E-state index contributed by atoms with van der Waals surface area (Å²) in [4.78, 5) is 39.5. The van der Waals surface area contributed by atoms with Gasteiger partial charge in [-0.2, -0.15) is 0 Å². The molecule has 9 nitrogen and oxygen atoms in total. The molecule has 0 spiro atoms. The summed E-state index contributed by atoms with van der Waals surface area (Å²) in [6.45, 7) is 0.610. The van der Waals surface area contributed by atoms with Gasteiger partial charge >= 0.3 is 0 Å². The lowest BCUT2D eigenvalue weighted by molar-refractivity contribution is -0.128. The maximum absolute atomic E-state index is 12.9. The molecule has 1 aliphatic rings. The first-order valence-corrected chi connectivity index (χ1v) is 10.7. The average Bonchev–Trinajstić information content (AvgIpc) is 3.50. The van der Waals surface area contributed by atoms with Gasteiger partial charge in [0.25, 0.3) is 5.91 Å². The summed E-state index contributed by atoms with van der Waals surface area (Å²) in [5.74, 6) is 0.108. The van der Waals surface area contributed by atoms with E-state index in [4.69, 9.17) is 13.9 Å². The standard InChI is InChI=1S/C25H25N3O6/c1-32-21-13-20(22(33-2)12-19(21)26-24(30)16-7-4-3-5-8-16)27-25(31)17-11-23(29)28(14-17)15-18-9-6-10-34-18/h3-10,12-13,17H,11,14-15H2,1-2H3,(H,26,30)(H,27,31)/t17-/m1/s1. The van der Waals surface area contributed by atoms with Crippen LogP contribution in [0.1, 0.15) is 22.5 Å². The predicted molar refractivity (Wildman–Crippen MR) is 125 cm³/mol. The molecule has 3 amide bonds. The van der Waals surface area contributed by atoms with Gasteiger partial charge in [0.1, 0.15) is 17.3 Å². The fraction of sp³-hybridized carbons (Fsp3) is 0.240. The van der Waals surface area contributed by atoms with Gasteiger partial charge in [-0.15, -0.1) is 0 Å². The Bertz CT molecular complexity index is 1180. The van der Waals surface area contributed by atoms with E-state index in [1.54, 1.807) is 59.7 Å². The smallest absolute Gasteiger partial charge is 0.255 e. The van der Waals surface area contributed by atoms with Gasteiger partial charge < -0.3 is 29.4 Å². The second-order valence-corrected chi connectivity index (χ2v) is 7.82. The molecule has 2 heterocycles. The normalized spacial score (nSPS) is 15.2. The Morgan fingerprint density at radius 2 is 1.68 bits per heavy atom. The second kappa shape index (κ2) is 10.1. The fourth-order valence-corrected chi connectivity index (χ4v) is 3.80. The zero-order valence-electron chi connectivity index (χ0n) is 18.9. The average molecular weight is 463 g/mol. The molecule has 176 valence electrons. The highest BCUT2D eigenvalue weighted by molar-refractivity contribution is 6.06. The molecule has 0 unspecified atom stereocenters. The third-order valence-corrected chi connectivity index (χ3v) is 5.58. The van der Waals surface area contributed by atoms with E-state index < -0.39 is 5.92 Å². The lowest BCUT2D eigenvalue weighted by Gasteiger charge is -2.18. The molecule has 1 fully saturated rings. The topological polar surface area (TPSA) is 110 Å². The van der Waals surface area contributed by atoms with Crippen LogP contribution in [0.2, 0.25) is 0 Å².